The smallest absolute Gasteiger partial charge is 0.307 e. The van der Waals surface area contributed by atoms with Crippen molar-refractivity contribution in [2.24, 2.45) is 0 Å². The zero-order valence-electron chi connectivity index (χ0n) is 8.34. The molecule has 0 saturated heterocycles. The second-order valence-electron chi connectivity index (χ2n) is 3.63. The van der Waals surface area contributed by atoms with Crippen LogP contribution >= 0.6 is 0 Å². The summed E-state index contributed by atoms with van der Waals surface area (Å²) in [5.41, 5.74) is 1.13. The molecule has 0 atom stereocenters. The van der Waals surface area contributed by atoms with E-state index in [9.17, 15) is 13.6 Å². The minimum atomic E-state index is -2.73. The van der Waals surface area contributed by atoms with Crippen LogP contribution in [0.1, 0.15) is 18.1 Å². The zero-order chi connectivity index (χ0) is 11.5. The van der Waals surface area contributed by atoms with E-state index in [4.69, 9.17) is 5.11 Å². The van der Waals surface area contributed by atoms with E-state index in [1.165, 1.54) is 12.1 Å². The molecule has 15 heavy (non-hydrogen) atoms. The first kappa shape index (κ1) is 11.6. The zero-order valence-corrected chi connectivity index (χ0v) is 8.34. The highest BCUT2D eigenvalue weighted by molar-refractivity contribution is 5.70. The molecule has 0 spiro atoms. The van der Waals surface area contributed by atoms with Gasteiger partial charge in [0.2, 0.25) is 5.92 Å². The van der Waals surface area contributed by atoms with E-state index in [0.717, 1.165) is 6.92 Å². The Morgan fingerprint density at radius 1 is 1.27 bits per heavy atom. The summed E-state index contributed by atoms with van der Waals surface area (Å²) >= 11 is 0. The van der Waals surface area contributed by atoms with Gasteiger partial charge in [-0.15, -0.1) is 0 Å². The predicted molar refractivity (Wildman–Crippen MR) is 52.1 cm³/mol. The second kappa shape index (κ2) is 4.38. The van der Waals surface area contributed by atoms with E-state index >= 15 is 0 Å². The van der Waals surface area contributed by atoms with E-state index in [1.54, 1.807) is 12.1 Å². The number of hydrogen-bond acceptors (Lipinski definition) is 1. The van der Waals surface area contributed by atoms with Crippen molar-refractivity contribution in [1.29, 1.82) is 0 Å². The summed E-state index contributed by atoms with van der Waals surface area (Å²) in [6.07, 6.45) is -0.400. The highest BCUT2D eigenvalue weighted by Gasteiger charge is 2.21. The molecule has 0 heterocycles. The lowest BCUT2D eigenvalue weighted by Gasteiger charge is -2.09. The Morgan fingerprint density at radius 2 is 1.73 bits per heavy atom. The van der Waals surface area contributed by atoms with Gasteiger partial charge in [-0.1, -0.05) is 24.3 Å². The monoisotopic (exact) mass is 214 g/mol. The van der Waals surface area contributed by atoms with Gasteiger partial charge in [0.1, 0.15) is 0 Å². The van der Waals surface area contributed by atoms with Crippen molar-refractivity contribution in [3.63, 3.8) is 0 Å². The van der Waals surface area contributed by atoms with E-state index in [0.29, 0.717) is 11.1 Å². The molecule has 0 unspecified atom stereocenters. The van der Waals surface area contributed by atoms with Crippen LogP contribution in [0.5, 0.6) is 0 Å². The number of carboxylic acid groups (broad SMARTS) is 1. The number of carbonyl (C=O) groups is 1. The molecule has 0 aliphatic carbocycles. The van der Waals surface area contributed by atoms with E-state index < -0.39 is 11.9 Å². The maximum absolute atomic E-state index is 12.6. The van der Waals surface area contributed by atoms with Crippen molar-refractivity contribution in [3.8, 4) is 0 Å². The average molecular weight is 214 g/mol. The van der Waals surface area contributed by atoms with Crippen LogP contribution in [0.15, 0.2) is 24.3 Å². The summed E-state index contributed by atoms with van der Waals surface area (Å²) in [7, 11) is 0. The molecule has 0 amide bonds. The predicted octanol–water partition coefficient (Wildman–Crippen LogP) is 2.51. The maximum Gasteiger partial charge on any atom is 0.307 e. The van der Waals surface area contributed by atoms with Crippen molar-refractivity contribution in [1.82, 2.24) is 0 Å². The van der Waals surface area contributed by atoms with Crippen LogP contribution < -0.4 is 0 Å². The van der Waals surface area contributed by atoms with Gasteiger partial charge in [-0.25, -0.2) is 8.78 Å². The Balaban J connectivity index is 2.68. The number of aliphatic carboxylic acids is 1. The fraction of sp³-hybridized carbons (Fsp3) is 0.364. The van der Waals surface area contributed by atoms with Gasteiger partial charge in [-0.05, 0) is 18.1 Å². The molecule has 0 aliphatic heterocycles. The lowest BCUT2D eigenvalue weighted by Crippen LogP contribution is -2.13. The molecular formula is C11H12F2O2. The molecule has 1 aromatic rings. The molecule has 0 bridgehead atoms. The van der Waals surface area contributed by atoms with Gasteiger partial charge >= 0.3 is 5.97 Å². The second-order valence-corrected chi connectivity index (χ2v) is 3.63. The van der Waals surface area contributed by atoms with Crippen molar-refractivity contribution >= 4 is 5.97 Å². The SMILES string of the molecule is CC(F)(F)Cc1ccc(CC(=O)O)cc1. The fourth-order valence-electron chi connectivity index (χ4n) is 1.31. The average Bonchev–Trinajstić information content (AvgIpc) is 2.05. The summed E-state index contributed by atoms with van der Waals surface area (Å²) < 4.78 is 25.2. The van der Waals surface area contributed by atoms with E-state index in [1.807, 2.05) is 0 Å². The number of alkyl halides is 2. The standard InChI is InChI=1S/C11H12F2O2/c1-11(12,13)7-9-4-2-8(3-5-9)6-10(14)15/h2-5H,6-7H2,1H3,(H,14,15). The molecule has 0 saturated carbocycles. The quantitative estimate of drug-likeness (QED) is 0.836. The van der Waals surface area contributed by atoms with Crippen molar-refractivity contribution in [2.75, 3.05) is 0 Å². The van der Waals surface area contributed by atoms with E-state index in [2.05, 4.69) is 0 Å². The van der Waals surface area contributed by atoms with Gasteiger partial charge in [-0.2, -0.15) is 0 Å². The largest absolute Gasteiger partial charge is 0.481 e. The third-order valence-corrected chi connectivity index (χ3v) is 1.89. The van der Waals surface area contributed by atoms with Crippen molar-refractivity contribution < 1.29 is 18.7 Å². The molecule has 4 heteroatoms. The Kier molecular flexibility index (Phi) is 3.39. The molecule has 2 nitrogen and oxygen atoms in total. The van der Waals surface area contributed by atoms with Crippen LogP contribution in [0.3, 0.4) is 0 Å². The van der Waals surface area contributed by atoms with Gasteiger partial charge in [-0.3, -0.25) is 4.79 Å². The number of rotatable bonds is 4. The summed E-state index contributed by atoms with van der Waals surface area (Å²) in [4.78, 5) is 10.4. The summed E-state index contributed by atoms with van der Waals surface area (Å²) in [6.45, 7) is 0.859. The normalized spacial score (nSPS) is 11.4. The van der Waals surface area contributed by atoms with E-state index in [-0.39, 0.29) is 12.8 Å². The Labute approximate surface area is 86.5 Å². The first-order valence-corrected chi connectivity index (χ1v) is 4.54. The van der Waals surface area contributed by atoms with Crippen LogP contribution in [0, 0.1) is 0 Å². The summed E-state index contributed by atoms with van der Waals surface area (Å²) in [5, 5.41) is 8.50. The lowest BCUT2D eigenvalue weighted by atomic mass is 10.0. The van der Waals surface area contributed by atoms with Gasteiger partial charge in [0, 0.05) is 6.42 Å². The van der Waals surface area contributed by atoms with Crippen LogP contribution in [0.4, 0.5) is 8.78 Å². The topological polar surface area (TPSA) is 37.3 Å². The highest BCUT2D eigenvalue weighted by atomic mass is 19.3. The molecule has 1 aromatic carbocycles. The van der Waals surface area contributed by atoms with Gasteiger partial charge in [0.25, 0.3) is 0 Å². The van der Waals surface area contributed by atoms with Crippen molar-refractivity contribution in [3.05, 3.63) is 35.4 Å². The number of hydrogen-bond donors (Lipinski definition) is 1. The molecule has 0 radical (unpaired) electrons. The number of benzene rings is 1. The van der Waals surface area contributed by atoms with Crippen LogP contribution in [-0.4, -0.2) is 17.0 Å². The number of halogens is 2. The molecule has 0 aromatic heterocycles. The van der Waals surface area contributed by atoms with Crippen LogP contribution in [-0.2, 0) is 17.6 Å². The van der Waals surface area contributed by atoms with Gasteiger partial charge < -0.3 is 5.11 Å². The minimum Gasteiger partial charge on any atom is -0.481 e. The molecule has 0 fully saturated rings. The van der Waals surface area contributed by atoms with Gasteiger partial charge in [0.15, 0.2) is 0 Å². The maximum atomic E-state index is 12.6. The number of carboxylic acids is 1. The first-order valence-electron chi connectivity index (χ1n) is 4.54. The third kappa shape index (κ3) is 4.54. The van der Waals surface area contributed by atoms with Crippen LogP contribution in [0.25, 0.3) is 0 Å². The molecule has 1 N–H and O–H groups in total. The lowest BCUT2D eigenvalue weighted by molar-refractivity contribution is -0.136. The fourth-order valence-corrected chi connectivity index (χ4v) is 1.31. The van der Waals surface area contributed by atoms with Crippen molar-refractivity contribution in [2.45, 2.75) is 25.7 Å². The van der Waals surface area contributed by atoms with Gasteiger partial charge in [0.05, 0.1) is 6.42 Å². The molecule has 0 aliphatic rings. The Bertz CT molecular complexity index is 339. The molecule has 1 rings (SSSR count). The molecular weight excluding hydrogens is 202 g/mol. The third-order valence-electron chi connectivity index (χ3n) is 1.89. The Morgan fingerprint density at radius 3 is 2.13 bits per heavy atom. The Hall–Kier alpha value is -1.45. The van der Waals surface area contributed by atoms with Crippen LogP contribution in [0.2, 0.25) is 0 Å². The minimum absolute atomic E-state index is 0.0806. The highest BCUT2D eigenvalue weighted by Crippen LogP contribution is 2.19. The molecule has 82 valence electrons. The summed E-state index contributed by atoms with van der Waals surface area (Å²) in [5.74, 6) is -3.66. The summed E-state index contributed by atoms with van der Waals surface area (Å²) in [6, 6.07) is 6.20. The first-order chi connectivity index (χ1) is 6.87.